The summed E-state index contributed by atoms with van der Waals surface area (Å²) < 4.78 is 5.18. The van der Waals surface area contributed by atoms with Crippen molar-refractivity contribution in [2.24, 2.45) is 5.92 Å². The molecule has 4 rings (SSSR count). The van der Waals surface area contributed by atoms with E-state index in [4.69, 9.17) is 4.74 Å². The molecule has 0 saturated carbocycles. The second-order valence-electron chi connectivity index (χ2n) is 6.58. The molecular formula is C18H21N3O2S. The Morgan fingerprint density at radius 1 is 1.33 bits per heavy atom. The van der Waals surface area contributed by atoms with Crippen LogP contribution in [0.25, 0.3) is 10.4 Å². The summed E-state index contributed by atoms with van der Waals surface area (Å²) in [5, 5.41) is 3.70. The van der Waals surface area contributed by atoms with E-state index in [1.165, 1.54) is 30.8 Å². The van der Waals surface area contributed by atoms with E-state index in [2.05, 4.69) is 15.2 Å². The first-order valence-electron chi connectivity index (χ1n) is 8.35. The van der Waals surface area contributed by atoms with E-state index < -0.39 is 0 Å². The first kappa shape index (κ1) is 15.6. The number of hydrogen-bond donors (Lipinski definition) is 1. The molecule has 0 radical (unpaired) electrons. The molecule has 3 heterocycles. The van der Waals surface area contributed by atoms with E-state index in [0.29, 0.717) is 5.01 Å². The summed E-state index contributed by atoms with van der Waals surface area (Å²) >= 11 is 1.44. The number of ether oxygens (including phenoxy) is 1. The standard InChI is InChI=1S/C18H21N3O2S/c1-23-15-4-2-13(3-5-15)16-9-19-18(24-16)17(22)20-14-8-12-6-7-21(10-12)11-14/h2-5,9,12,14H,6-8,10-11H2,1H3,(H,20,22)/t12-,14+/m0/s1. The number of nitrogens with zero attached hydrogens (tertiary/aromatic N) is 2. The van der Waals surface area contributed by atoms with Gasteiger partial charge in [-0.25, -0.2) is 4.98 Å². The average Bonchev–Trinajstić information content (AvgIpc) is 3.22. The van der Waals surface area contributed by atoms with E-state index in [1.54, 1.807) is 13.3 Å². The fraction of sp³-hybridized carbons (Fsp3) is 0.444. The highest BCUT2D eigenvalue weighted by Crippen LogP contribution is 2.29. The van der Waals surface area contributed by atoms with Crippen molar-refractivity contribution in [2.75, 3.05) is 26.7 Å². The van der Waals surface area contributed by atoms with Gasteiger partial charge in [0.2, 0.25) is 0 Å². The number of rotatable bonds is 4. The molecule has 2 aliphatic heterocycles. The summed E-state index contributed by atoms with van der Waals surface area (Å²) in [6.45, 7) is 3.35. The largest absolute Gasteiger partial charge is 0.497 e. The van der Waals surface area contributed by atoms with E-state index >= 15 is 0 Å². The molecule has 3 atom stereocenters. The molecule has 1 unspecified atom stereocenters. The lowest BCUT2D eigenvalue weighted by Gasteiger charge is -2.30. The zero-order chi connectivity index (χ0) is 16.5. The minimum Gasteiger partial charge on any atom is -0.497 e. The van der Waals surface area contributed by atoms with Gasteiger partial charge in [-0.05, 0) is 55.1 Å². The minimum atomic E-state index is -0.0488. The number of methoxy groups -OCH3 is 1. The van der Waals surface area contributed by atoms with E-state index in [1.807, 2.05) is 24.3 Å². The second-order valence-corrected chi connectivity index (χ2v) is 7.61. The van der Waals surface area contributed by atoms with Crippen LogP contribution >= 0.6 is 11.3 Å². The third kappa shape index (κ3) is 3.16. The lowest BCUT2D eigenvalue weighted by molar-refractivity contribution is 0.0909. The van der Waals surface area contributed by atoms with Crippen molar-refractivity contribution in [1.82, 2.24) is 15.2 Å². The van der Waals surface area contributed by atoms with Crippen molar-refractivity contribution < 1.29 is 9.53 Å². The van der Waals surface area contributed by atoms with Gasteiger partial charge in [0.25, 0.3) is 5.91 Å². The highest BCUT2D eigenvalue weighted by atomic mass is 32.1. The fourth-order valence-electron chi connectivity index (χ4n) is 3.68. The Balaban J connectivity index is 1.42. The third-order valence-electron chi connectivity index (χ3n) is 4.88. The van der Waals surface area contributed by atoms with Crippen LogP contribution in [-0.2, 0) is 0 Å². The Morgan fingerprint density at radius 3 is 2.92 bits per heavy atom. The Bertz CT molecular complexity index is 716. The number of benzene rings is 1. The molecule has 6 heteroatoms. The SMILES string of the molecule is COc1ccc(-c2cnc(C(=O)N[C@@H]3C[C@@H]4CCN(C4)C3)s2)cc1. The summed E-state index contributed by atoms with van der Waals surface area (Å²) in [7, 11) is 1.65. The number of hydrogen-bond acceptors (Lipinski definition) is 5. The number of amides is 1. The maximum atomic E-state index is 12.5. The minimum absolute atomic E-state index is 0.0488. The number of nitrogens with one attached hydrogen (secondary N) is 1. The van der Waals surface area contributed by atoms with Crippen LogP contribution in [0.1, 0.15) is 22.6 Å². The maximum absolute atomic E-state index is 12.5. The first-order chi connectivity index (χ1) is 11.7. The van der Waals surface area contributed by atoms with Crippen LogP contribution < -0.4 is 10.1 Å². The molecule has 2 saturated heterocycles. The van der Waals surface area contributed by atoms with E-state index in [-0.39, 0.29) is 11.9 Å². The number of carbonyl (C=O) groups excluding carboxylic acids is 1. The van der Waals surface area contributed by atoms with Gasteiger partial charge in [-0.15, -0.1) is 11.3 Å². The summed E-state index contributed by atoms with van der Waals surface area (Å²) in [4.78, 5) is 20.2. The molecule has 0 aliphatic carbocycles. The van der Waals surface area contributed by atoms with Crippen molar-refractivity contribution in [3.63, 3.8) is 0 Å². The highest BCUT2D eigenvalue weighted by molar-refractivity contribution is 7.16. The Labute approximate surface area is 145 Å². The molecule has 5 nitrogen and oxygen atoms in total. The summed E-state index contributed by atoms with van der Waals surface area (Å²) in [5.74, 6) is 1.52. The third-order valence-corrected chi connectivity index (χ3v) is 5.92. The summed E-state index contributed by atoms with van der Waals surface area (Å²) in [6.07, 6.45) is 4.14. The van der Waals surface area contributed by atoms with Gasteiger partial charge in [0, 0.05) is 25.3 Å². The fourth-order valence-corrected chi connectivity index (χ4v) is 4.50. The smallest absolute Gasteiger partial charge is 0.280 e. The number of aromatic nitrogens is 1. The summed E-state index contributed by atoms with van der Waals surface area (Å²) in [5.41, 5.74) is 1.05. The Morgan fingerprint density at radius 2 is 2.17 bits per heavy atom. The average molecular weight is 343 g/mol. The van der Waals surface area contributed by atoms with Gasteiger partial charge in [0.05, 0.1) is 12.0 Å². The van der Waals surface area contributed by atoms with Crippen LogP contribution in [0, 0.1) is 5.92 Å². The van der Waals surface area contributed by atoms with Crippen LogP contribution in [-0.4, -0.2) is 48.6 Å². The second kappa shape index (κ2) is 6.53. The molecule has 1 aromatic heterocycles. The predicted octanol–water partition coefficient (Wildman–Crippen LogP) is 2.64. The Hall–Kier alpha value is -1.92. The van der Waals surface area contributed by atoms with Crippen LogP contribution in [0.5, 0.6) is 5.75 Å². The van der Waals surface area contributed by atoms with Crippen LogP contribution in [0.3, 0.4) is 0 Å². The van der Waals surface area contributed by atoms with Crippen molar-refractivity contribution in [3.05, 3.63) is 35.5 Å². The number of piperidine rings is 1. The van der Waals surface area contributed by atoms with Gasteiger partial charge in [-0.1, -0.05) is 0 Å². The molecule has 1 aromatic carbocycles. The number of fused-ring (bicyclic) bond motifs is 2. The highest BCUT2D eigenvalue weighted by Gasteiger charge is 2.33. The number of carbonyl (C=O) groups is 1. The Kier molecular flexibility index (Phi) is 4.24. The number of thiazole rings is 1. The predicted molar refractivity (Wildman–Crippen MR) is 94.5 cm³/mol. The summed E-state index contributed by atoms with van der Waals surface area (Å²) in [6, 6.07) is 8.06. The van der Waals surface area contributed by atoms with Crippen molar-refractivity contribution in [3.8, 4) is 16.2 Å². The lowest BCUT2D eigenvalue weighted by atomic mass is 9.97. The molecule has 1 amide bonds. The molecule has 2 bridgehead atoms. The van der Waals surface area contributed by atoms with Gasteiger partial charge in [0.1, 0.15) is 5.75 Å². The topological polar surface area (TPSA) is 54.5 Å². The molecule has 0 spiro atoms. The van der Waals surface area contributed by atoms with Crippen LogP contribution in [0.4, 0.5) is 0 Å². The molecule has 2 aliphatic rings. The zero-order valence-electron chi connectivity index (χ0n) is 13.7. The molecule has 126 valence electrons. The van der Waals surface area contributed by atoms with Gasteiger partial charge in [0.15, 0.2) is 5.01 Å². The van der Waals surface area contributed by atoms with Crippen molar-refractivity contribution in [1.29, 1.82) is 0 Å². The van der Waals surface area contributed by atoms with Crippen LogP contribution in [0.15, 0.2) is 30.5 Å². The van der Waals surface area contributed by atoms with Gasteiger partial charge < -0.3 is 15.0 Å². The van der Waals surface area contributed by atoms with Gasteiger partial charge >= 0.3 is 0 Å². The normalized spacial score (nSPS) is 25.5. The van der Waals surface area contributed by atoms with Crippen molar-refractivity contribution >= 4 is 17.2 Å². The molecule has 1 N–H and O–H groups in total. The molecule has 2 aromatic rings. The maximum Gasteiger partial charge on any atom is 0.280 e. The van der Waals surface area contributed by atoms with Crippen molar-refractivity contribution in [2.45, 2.75) is 18.9 Å². The first-order valence-corrected chi connectivity index (χ1v) is 9.16. The molecular weight excluding hydrogens is 322 g/mol. The monoisotopic (exact) mass is 343 g/mol. The van der Waals surface area contributed by atoms with E-state index in [0.717, 1.165) is 35.1 Å². The quantitative estimate of drug-likeness (QED) is 0.927. The zero-order valence-corrected chi connectivity index (χ0v) is 14.5. The molecule has 2 fully saturated rings. The van der Waals surface area contributed by atoms with E-state index in [9.17, 15) is 4.79 Å². The van der Waals surface area contributed by atoms with Crippen LogP contribution in [0.2, 0.25) is 0 Å². The lowest BCUT2D eigenvalue weighted by Crippen LogP contribution is -2.46. The van der Waals surface area contributed by atoms with Gasteiger partial charge in [-0.2, -0.15) is 0 Å². The van der Waals surface area contributed by atoms with Gasteiger partial charge in [-0.3, -0.25) is 4.79 Å². The molecule has 24 heavy (non-hydrogen) atoms.